The van der Waals surface area contributed by atoms with Crippen LogP contribution in [0.25, 0.3) is 0 Å². The maximum atomic E-state index is 12.8. The summed E-state index contributed by atoms with van der Waals surface area (Å²) in [7, 11) is 3.13. The quantitative estimate of drug-likeness (QED) is 0.448. The Bertz CT molecular complexity index is 686. The van der Waals surface area contributed by atoms with Crippen molar-refractivity contribution in [2.45, 2.75) is 26.7 Å². The van der Waals surface area contributed by atoms with Crippen LogP contribution in [0.1, 0.15) is 25.8 Å². The number of hydrogen-bond acceptors (Lipinski definition) is 5. The normalized spacial score (nSPS) is 22.1. The van der Waals surface area contributed by atoms with Crippen molar-refractivity contribution >= 4 is 17.6 Å². The molecule has 0 radical (unpaired) electrons. The van der Waals surface area contributed by atoms with Gasteiger partial charge in [0.15, 0.2) is 0 Å². The number of benzene rings is 1. The lowest BCUT2D eigenvalue weighted by atomic mass is 9.91. The Labute approximate surface area is 159 Å². The molecule has 0 unspecified atom stereocenters. The minimum Gasteiger partial charge on any atom is -0.497 e. The fraction of sp³-hybridized carbons (Fsp3) is 0.550. The van der Waals surface area contributed by atoms with Gasteiger partial charge in [-0.25, -0.2) is 5.48 Å². The summed E-state index contributed by atoms with van der Waals surface area (Å²) in [6.45, 7) is 3.90. The van der Waals surface area contributed by atoms with E-state index in [1.54, 1.807) is 19.6 Å². The van der Waals surface area contributed by atoms with Crippen molar-refractivity contribution in [3.05, 3.63) is 29.8 Å². The van der Waals surface area contributed by atoms with E-state index in [2.05, 4.69) is 5.32 Å². The third-order valence-corrected chi connectivity index (χ3v) is 5.34. The maximum absolute atomic E-state index is 12.8. The van der Waals surface area contributed by atoms with Gasteiger partial charge in [-0.15, -0.1) is 0 Å². The van der Waals surface area contributed by atoms with Gasteiger partial charge in [-0.05, 0) is 36.0 Å². The van der Waals surface area contributed by atoms with Crippen molar-refractivity contribution in [3.8, 4) is 5.75 Å². The predicted molar refractivity (Wildman–Crippen MR) is 99.1 cm³/mol. The van der Waals surface area contributed by atoms with E-state index in [1.807, 2.05) is 38.1 Å². The molecule has 1 fully saturated rings. The first-order valence-corrected chi connectivity index (χ1v) is 9.15. The highest BCUT2D eigenvalue weighted by Crippen LogP contribution is 2.52. The summed E-state index contributed by atoms with van der Waals surface area (Å²) in [6.07, 6.45) is 0.486. The second-order valence-corrected chi connectivity index (χ2v) is 7.38. The number of nitrogens with one attached hydrogen (secondary N) is 2. The van der Waals surface area contributed by atoms with Crippen LogP contribution in [0.4, 0.5) is 0 Å². The molecule has 0 spiro atoms. The highest BCUT2D eigenvalue weighted by Gasteiger charge is 2.59. The van der Waals surface area contributed by atoms with Crippen LogP contribution in [-0.2, 0) is 20.8 Å². The molecule has 7 heteroatoms. The third kappa shape index (κ3) is 4.86. The number of ether oxygens (including phenoxy) is 1. The number of rotatable bonds is 9. The van der Waals surface area contributed by atoms with E-state index in [-0.39, 0.29) is 29.9 Å². The van der Waals surface area contributed by atoms with E-state index in [9.17, 15) is 14.4 Å². The summed E-state index contributed by atoms with van der Waals surface area (Å²) in [5.41, 5.74) is 2.58. The topological polar surface area (TPSA) is 105 Å². The molecule has 1 aliphatic rings. The van der Waals surface area contributed by atoms with Gasteiger partial charge in [-0.1, -0.05) is 26.0 Å². The average molecular weight is 376 g/mol. The van der Waals surface area contributed by atoms with Crippen LogP contribution in [0.2, 0.25) is 0 Å². The molecule has 1 aromatic carbocycles. The molecule has 0 heterocycles. The first kappa shape index (κ1) is 20.9. The van der Waals surface area contributed by atoms with Crippen molar-refractivity contribution in [2.75, 3.05) is 14.2 Å². The van der Waals surface area contributed by atoms with E-state index in [1.165, 1.54) is 0 Å². The number of hydroxylamine groups is 1. The predicted octanol–water partition coefficient (Wildman–Crippen LogP) is 1.58. The molecule has 7 nitrogen and oxygen atoms in total. The second kappa shape index (κ2) is 8.99. The fourth-order valence-corrected chi connectivity index (χ4v) is 3.88. The SMILES string of the molecule is CNC(=O)[C@@H](CC(=O)[C@H]1[C@H](C(=O)NO)[C@@H]1C(C)C)Cc1ccc(OC)cc1. The first-order valence-electron chi connectivity index (χ1n) is 9.15. The smallest absolute Gasteiger partial charge is 0.247 e. The summed E-state index contributed by atoms with van der Waals surface area (Å²) < 4.78 is 5.13. The Balaban J connectivity index is 2.09. The van der Waals surface area contributed by atoms with Crippen LogP contribution in [0.5, 0.6) is 5.75 Å². The highest BCUT2D eigenvalue weighted by molar-refractivity contribution is 5.96. The fourth-order valence-electron chi connectivity index (χ4n) is 3.88. The number of Topliss-reactive ketones (excluding diaryl/α,β-unsaturated/α-hetero) is 1. The monoisotopic (exact) mass is 376 g/mol. The van der Waals surface area contributed by atoms with Crippen LogP contribution in [0.15, 0.2) is 24.3 Å². The Morgan fingerprint density at radius 1 is 1.15 bits per heavy atom. The number of ketones is 1. The molecule has 0 aromatic heterocycles. The minimum atomic E-state index is -0.529. The molecule has 148 valence electrons. The van der Waals surface area contributed by atoms with Gasteiger partial charge in [-0.3, -0.25) is 19.6 Å². The van der Waals surface area contributed by atoms with Gasteiger partial charge in [0.25, 0.3) is 0 Å². The molecule has 2 amide bonds. The van der Waals surface area contributed by atoms with Gasteiger partial charge >= 0.3 is 0 Å². The van der Waals surface area contributed by atoms with Crippen molar-refractivity contribution in [1.82, 2.24) is 10.8 Å². The average Bonchev–Trinajstić information content (AvgIpc) is 3.43. The molecule has 4 atom stereocenters. The van der Waals surface area contributed by atoms with Gasteiger partial charge < -0.3 is 10.1 Å². The van der Waals surface area contributed by atoms with Crippen molar-refractivity contribution in [2.24, 2.45) is 29.6 Å². The van der Waals surface area contributed by atoms with E-state index in [0.29, 0.717) is 6.42 Å². The van der Waals surface area contributed by atoms with Crippen LogP contribution in [0.3, 0.4) is 0 Å². The zero-order chi connectivity index (χ0) is 20.1. The summed E-state index contributed by atoms with van der Waals surface area (Å²) in [5.74, 6) is -1.55. The van der Waals surface area contributed by atoms with Gasteiger partial charge in [0, 0.05) is 25.3 Å². The Morgan fingerprint density at radius 3 is 2.26 bits per heavy atom. The van der Waals surface area contributed by atoms with E-state index >= 15 is 0 Å². The lowest BCUT2D eigenvalue weighted by molar-refractivity contribution is -0.133. The molecule has 3 N–H and O–H groups in total. The molecular formula is C20H28N2O5. The molecule has 27 heavy (non-hydrogen) atoms. The van der Waals surface area contributed by atoms with Gasteiger partial charge in [-0.2, -0.15) is 0 Å². The largest absolute Gasteiger partial charge is 0.497 e. The van der Waals surface area contributed by atoms with Crippen LogP contribution >= 0.6 is 0 Å². The molecule has 0 saturated heterocycles. The zero-order valence-electron chi connectivity index (χ0n) is 16.2. The summed E-state index contributed by atoms with van der Waals surface area (Å²) in [6, 6.07) is 7.37. The van der Waals surface area contributed by atoms with E-state index in [0.717, 1.165) is 11.3 Å². The van der Waals surface area contributed by atoms with Gasteiger partial charge in [0.1, 0.15) is 11.5 Å². The second-order valence-electron chi connectivity index (χ2n) is 7.38. The summed E-state index contributed by atoms with van der Waals surface area (Å²) >= 11 is 0. The van der Waals surface area contributed by atoms with Crippen molar-refractivity contribution < 1.29 is 24.3 Å². The van der Waals surface area contributed by atoms with Crippen LogP contribution in [0, 0.1) is 29.6 Å². The molecule has 2 rings (SSSR count). The van der Waals surface area contributed by atoms with E-state index in [4.69, 9.17) is 9.94 Å². The Kier molecular flexibility index (Phi) is 6.96. The number of hydrogen-bond donors (Lipinski definition) is 3. The lowest BCUT2D eigenvalue weighted by Gasteiger charge is -2.15. The van der Waals surface area contributed by atoms with Crippen molar-refractivity contribution in [3.63, 3.8) is 0 Å². The molecular weight excluding hydrogens is 348 g/mol. The highest BCUT2D eigenvalue weighted by atomic mass is 16.5. The molecule has 1 aromatic rings. The lowest BCUT2D eigenvalue weighted by Crippen LogP contribution is -2.31. The minimum absolute atomic E-state index is 0.0643. The van der Waals surface area contributed by atoms with Crippen LogP contribution < -0.4 is 15.5 Å². The first-order chi connectivity index (χ1) is 12.8. The summed E-state index contributed by atoms with van der Waals surface area (Å²) in [4.78, 5) is 36.9. The molecule has 0 aliphatic heterocycles. The van der Waals surface area contributed by atoms with Gasteiger partial charge in [0.2, 0.25) is 11.8 Å². The summed E-state index contributed by atoms with van der Waals surface area (Å²) in [5, 5.41) is 11.5. The van der Waals surface area contributed by atoms with Gasteiger partial charge in [0.05, 0.1) is 13.0 Å². The number of amides is 2. The Hall–Kier alpha value is -2.41. The molecule has 1 saturated carbocycles. The Morgan fingerprint density at radius 2 is 1.78 bits per heavy atom. The maximum Gasteiger partial charge on any atom is 0.247 e. The van der Waals surface area contributed by atoms with Crippen molar-refractivity contribution in [1.29, 1.82) is 0 Å². The molecule has 0 bridgehead atoms. The van der Waals surface area contributed by atoms with Crippen LogP contribution in [-0.4, -0.2) is 37.0 Å². The molecule has 1 aliphatic carbocycles. The number of carbonyl (C=O) groups is 3. The van der Waals surface area contributed by atoms with E-state index < -0.39 is 23.7 Å². The standard InChI is InChI=1S/C20H28N2O5/c1-11(2)16-17(18(16)20(25)22-26)15(23)10-13(19(24)21-3)9-12-5-7-14(27-4)8-6-12/h5-8,11,13,16-18,26H,9-10H2,1-4H3,(H,21,24)(H,22,25)/t13-,16-,17-,18-/m1/s1. The zero-order valence-corrected chi connectivity index (χ0v) is 16.2. The number of methoxy groups -OCH3 is 1. The third-order valence-electron chi connectivity index (χ3n) is 5.34. The number of carbonyl (C=O) groups excluding carboxylic acids is 3.